The van der Waals surface area contributed by atoms with Crippen molar-refractivity contribution in [1.29, 1.82) is 0 Å². The molecule has 4 rings (SSSR count). The molecule has 3 aromatic carbocycles. The number of benzene rings is 3. The number of hydrogen-bond acceptors (Lipinski definition) is 5. The number of para-hydroxylation sites is 1. The number of aryl methyl sites for hydroxylation is 1. The Kier molecular flexibility index (Phi) is 6.85. The van der Waals surface area contributed by atoms with E-state index in [-0.39, 0.29) is 0 Å². The van der Waals surface area contributed by atoms with E-state index in [1.54, 1.807) is 7.11 Å². The zero-order valence-corrected chi connectivity index (χ0v) is 19.1. The maximum atomic E-state index is 6.07. The number of fused-ring (bicyclic) bond motifs is 1. The second-order valence-electron chi connectivity index (χ2n) is 7.57. The predicted molar refractivity (Wildman–Crippen MR) is 128 cm³/mol. The predicted octanol–water partition coefficient (Wildman–Crippen LogP) is 6.72. The highest BCUT2D eigenvalue weighted by Gasteiger charge is 2.17. The Hall–Kier alpha value is -2.89. The lowest BCUT2D eigenvalue weighted by atomic mass is 9.97. The smallest absolute Gasteiger partial charge is 0.279 e. The Balaban J connectivity index is 1.49. The van der Waals surface area contributed by atoms with Crippen LogP contribution in [0.3, 0.4) is 0 Å². The summed E-state index contributed by atoms with van der Waals surface area (Å²) in [6.45, 7) is 3.21. The Bertz CT molecular complexity index is 1090. The van der Waals surface area contributed by atoms with Gasteiger partial charge in [-0.1, -0.05) is 66.8 Å². The summed E-state index contributed by atoms with van der Waals surface area (Å²) in [4.78, 5) is 6.96. The average Bonchev–Trinajstić information content (AvgIpc) is 3.23. The summed E-state index contributed by atoms with van der Waals surface area (Å²) in [6, 6.07) is 25.4. The van der Waals surface area contributed by atoms with Crippen LogP contribution in [0.15, 0.2) is 72.8 Å². The lowest BCUT2D eigenvalue weighted by molar-refractivity contribution is 0.245. The van der Waals surface area contributed by atoms with Gasteiger partial charge in [-0.05, 0) is 61.8 Å². The molecule has 0 bridgehead atoms. The summed E-state index contributed by atoms with van der Waals surface area (Å²) in [5.74, 6) is 1.42. The van der Waals surface area contributed by atoms with Crippen molar-refractivity contribution in [2.24, 2.45) is 0 Å². The average molecular weight is 433 g/mol. The van der Waals surface area contributed by atoms with E-state index < -0.39 is 0 Å². The Morgan fingerprint density at radius 1 is 0.968 bits per heavy atom. The number of methoxy groups -OCH3 is 1. The summed E-state index contributed by atoms with van der Waals surface area (Å²) >= 11 is 1.54. The van der Waals surface area contributed by atoms with Crippen molar-refractivity contribution < 1.29 is 9.47 Å². The van der Waals surface area contributed by atoms with Crippen LogP contribution in [0.4, 0.5) is 0 Å². The highest BCUT2D eigenvalue weighted by atomic mass is 32.1. The molecule has 0 saturated heterocycles. The number of ether oxygens (including phenoxy) is 2. The zero-order valence-electron chi connectivity index (χ0n) is 18.2. The summed E-state index contributed by atoms with van der Waals surface area (Å²) in [5.41, 5.74) is 3.54. The number of thiazole rings is 1. The molecule has 0 N–H and O–H groups in total. The Labute approximate surface area is 188 Å². The fraction of sp³-hybridized carbons (Fsp3) is 0.269. The SMILES string of the molecule is CCN(C)C(CCc1ccc(Oc2nc3ccccc3s2)c(OC)c1)c1ccccc1. The fourth-order valence-electron chi connectivity index (χ4n) is 3.78. The molecule has 5 heteroatoms. The van der Waals surface area contributed by atoms with Crippen LogP contribution in [0.25, 0.3) is 10.2 Å². The van der Waals surface area contributed by atoms with E-state index in [1.165, 1.54) is 22.5 Å². The molecule has 0 amide bonds. The molecule has 4 aromatic rings. The highest BCUT2D eigenvalue weighted by molar-refractivity contribution is 7.20. The zero-order chi connectivity index (χ0) is 21.6. The quantitative estimate of drug-likeness (QED) is 0.294. The van der Waals surface area contributed by atoms with Gasteiger partial charge in [0, 0.05) is 6.04 Å². The van der Waals surface area contributed by atoms with Crippen molar-refractivity contribution in [2.75, 3.05) is 20.7 Å². The van der Waals surface area contributed by atoms with Crippen molar-refractivity contribution in [2.45, 2.75) is 25.8 Å². The molecule has 1 aromatic heterocycles. The first-order valence-electron chi connectivity index (χ1n) is 10.6. The molecule has 0 fully saturated rings. The molecule has 160 valence electrons. The summed E-state index contributed by atoms with van der Waals surface area (Å²) in [5, 5.41) is 0.626. The van der Waals surface area contributed by atoms with Gasteiger partial charge >= 0.3 is 0 Å². The molecule has 4 nitrogen and oxygen atoms in total. The maximum absolute atomic E-state index is 6.07. The molecule has 0 saturated carbocycles. The molecular weight excluding hydrogens is 404 g/mol. The van der Waals surface area contributed by atoms with Crippen LogP contribution in [0.5, 0.6) is 16.7 Å². The molecule has 0 aliphatic rings. The lowest BCUT2D eigenvalue weighted by Gasteiger charge is -2.27. The van der Waals surface area contributed by atoms with Gasteiger partial charge in [0.2, 0.25) is 0 Å². The normalized spacial score (nSPS) is 12.3. The summed E-state index contributed by atoms with van der Waals surface area (Å²) in [7, 11) is 3.87. The molecule has 0 aliphatic heterocycles. The molecular formula is C26H28N2O2S. The van der Waals surface area contributed by atoms with Gasteiger partial charge in [0.05, 0.1) is 17.3 Å². The van der Waals surface area contributed by atoms with Gasteiger partial charge in [-0.3, -0.25) is 4.90 Å². The largest absolute Gasteiger partial charge is 0.493 e. The van der Waals surface area contributed by atoms with Gasteiger partial charge in [0.1, 0.15) is 0 Å². The molecule has 0 radical (unpaired) electrons. The third kappa shape index (κ3) is 5.06. The van der Waals surface area contributed by atoms with Crippen LogP contribution in [0.2, 0.25) is 0 Å². The van der Waals surface area contributed by atoms with Gasteiger partial charge in [-0.15, -0.1) is 0 Å². The topological polar surface area (TPSA) is 34.6 Å². The summed E-state index contributed by atoms with van der Waals surface area (Å²) in [6.07, 6.45) is 2.00. The van der Waals surface area contributed by atoms with E-state index in [9.17, 15) is 0 Å². The van der Waals surface area contributed by atoms with Crippen LogP contribution >= 0.6 is 11.3 Å². The molecule has 31 heavy (non-hydrogen) atoms. The van der Waals surface area contributed by atoms with Gasteiger partial charge in [0.25, 0.3) is 5.19 Å². The number of hydrogen-bond donors (Lipinski definition) is 0. The van der Waals surface area contributed by atoms with Crippen molar-refractivity contribution >= 4 is 21.6 Å². The van der Waals surface area contributed by atoms with Gasteiger partial charge < -0.3 is 9.47 Å². The second kappa shape index (κ2) is 9.94. The molecule has 0 aliphatic carbocycles. The van der Waals surface area contributed by atoms with Crippen LogP contribution in [0, 0.1) is 0 Å². The molecule has 1 atom stereocenters. The first-order valence-corrected chi connectivity index (χ1v) is 11.4. The van der Waals surface area contributed by atoms with Crippen LogP contribution in [-0.2, 0) is 6.42 Å². The van der Waals surface area contributed by atoms with E-state index in [0.717, 1.165) is 35.4 Å². The van der Waals surface area contributed by atoms with Crippen molar-refractivity contribution in [3.05, 3.63) is 83.9 Å². The monoisotopic (exact) mass is 432 g/mol. The minimum absolute atomic E-state index is 0.385. The van der Waals surface area contributed by atoms with Gasteiger partial charge in [-0.2, -0.15) is 0 Å². The third-order valence-electron chi connectivity index (χ3n) is 5.62. The van der Waals surface area contributed by atoms with E-state index in [1.807, 2.05) is 24.3 Å². The van der Waals surface area contributed by atoms with Crippen LogP contribution in [-0.4, -0.2) is 30.6 Å². The minimum atomic E-state index is 0.385. The van der Waals surface area contributed by atoms with Gasteiger partial charge in [-0.25, -0.2) is 4.98 Å². The number of aromatic nitrogens is 1. The first-order chi connectivity index (χ1) is 15.2. The lowest BCUT2D eigenvalue weighted by Crippen LogP contribution is -2.24. The number of nitrogens with zero attached hydrogens (tertiary/aromatic N) is 2. The van der Waals surface area contributed by atoms with Gasteiger partial charge in [0.15, 0.2) is 11.5 Å². The fourth-order valence-corrected chi connectivity index (χ4v) is 4.61. The molecule has 1 heterocycles. The van der Waals surface area contributed by atoms with E-state index in [4.69, 9.17) is 9.47 Å². The second-order valence-corrected chi connectivity index (χ2v) is 8.57. The number of rotatable bonds is 9. The Morgan fingerprint density at radius 3 is 2.48 bits per heavy atom. The van der Waals surface area contributed by atoms with E-state index in [0.29, 0.717) is 17.0 Å². The van der Waals surface area contributed by atoms with Crippen molar-refractivity contribution in [3.8, 4) is 16.7 Å². The standard InChI is InChI=1S/C26H28N2O2S/c1-4-28(2)22(20-10-6-5-7-11-20)16-14-19-15-17-23(24(18-19)29-3)30-26-27-21-12-8-9-13-25(21)31-26/h5-13,15,17-18,22H,4,14,16H2,1-3H3. The minimum Gasteiger partial charge on any atom is -0.493 e. The Morgan fingerprint density at radius 2 is 1.74 bits per heavy atom. The molecule has 0 spiro atoms. The molecule has 1 unspecified atom stereocenters. The third-order valence-corrected chi connectivity index (χ3v) is 6.54. The van der Waals surface area contributed by atoms with E-state index >= 15 is 0 Å². The van der Waals surface area contributed by atoms with Crippen molar-refractivity contribution in [1.82, 2.24) is 9.88 Å². The maximum Gasteiger partial charge on any atom is 0.279 e. The van der Waals surface area contributed by atoms with Crippen LogP contribution in [0.1, 0.15) is 30.5 Å². The van der Waals surface area contributed by atoms with Crippen molar-refractivity contribution in [3.63, 3.8) is 0 Å². The summed E-state index contributed by atoms with van der Waals surface area (Å²) < 4.78 is 12.8. The van der Waals surface area contributed by atoms with Crippen LogP contribution < -0.4 is 9.47 Å². The highest BCUT2D eigenvalue weighted by Crippen LogP contribution is 2.36. The first kappa shape index (κ1) is 21.3. The van der Waals surface area contributed by atoms with E-state index in [2.05, 4.69) is 72.4 Å².